The van der Waals surface area contributed by atoms with Crippen LogP contribution in [-0.2, 0) is 22.1 Å². The Morgan fingerprint density at radius 2 is 2.00 bits per heavy atom. The molecule has 1 heterocycles. The predicted molar refractivity (Wildman–Crippen MR) is 100 cm³/mol. The van der Waals surface area contributed by atoms with Gasteiger partial charge in [0.1, 0.15) is 5.54 Å². The van der Waals surface area contributed by atoms with Crippen LogP contribution >= 0.6 is 0 Å². The van der Waals surface area contributed by atoms with Gasteiger partial charge in [0.15, 0.2) is 5.82 Å². The Morgan fingerprint density at radius 3 is 2.62 bits per heavy atom. The molecule has 26 heavy (non-hydrogen) atoms. The Hall–Kier alpha value is -2.02. The normalized spacial score (nSPS) is 18.1. The molecule has 1 aliphatic carbocycles. The van der Waals surface area contributed by atoms with Gasteiger partial charge in [0.25, 0.3) is 5.91 Å². The van der Waals surface area contributed by atoms with Crippen LogP contribution in [-0.4, -0.2) is 26.5 Å². The standard InChI is InChI=1S/C19H25N3O3S/c1-14-20-18(22-25-14)19(10-5-3-4-6-11-19)21-17(23)16-9-7-8-15(12-16)13-26(2)24/h7-9,12H,3-6,10-11,13H2,1-2H3,(H,21,23). The van der Waals surface area contributed by atoms with E-state index in [1.54, 1.807) is 19.2 Å². The van der Waals surface area contributed by atoms with E-state index < -0.39 is 16.3 Å². The second kappa shape index (κ2) is 8.12. The van der Waals surface area contributed by atoms with Crippen LogP contribution in [0.15, 0.2) is 28.8 Å². The molecule has 1 saturated carbocycles. The first kappa shape index (κ1) is 18.8. The molecule has 0 saturated heterocycles. The highest BCUT2D eigenvalue weighted by atomic mass is 32.2. The van der Waals surface area contributed by atoms with Gasteiger partial charge in [-0.2, -0.15) is 4.98 Å². The van der Waals surface area contributed by atoms with E-state index in [1.165, 1.54) is 0 Å². The van der Waals surface area contributed by atoms with Gasteiger partial charge in [-0.15, -0.1) is 0 Å². The number of rotatable bonds is 5. The average molecular weight is 375 g/mol. The number of aromatic nitrogens is 2. The molecule has 2 aromatic rings. The zero-order chi connectivity index (χ0) is 18.6. The zero-order valence-electron chi connectivity index (χ0n) is 15.3. The highest BCUT2D eigenvalue weighted by molar-refractivity contribution is 7.83. The quantitative estimate of drug-likeness (QED) is 0.811. The molecule has 0 radical (unpaired) electrons. The van der Waals surface area contributed by atoms with E-state index >= 15 is 0 Å². The molecule has 140 valence electrons. The fraction of sp³-hybridized carbons (Fsp3) is 0.526. The number of hydrogen-bond donors (Lipinski definition) is 1. The second-order valence-corrected chi connectivity index (χ2v) is 8.44. The highest BCUT2D eigenvalue weighted by Crippen LogP contribution is 2.35. The van der Waals surface area contributed by atoms with Gasteiger partial charge in [0.05, 0.1) is 0 Å². The largest absolute Gasteiger partial charge is 0.340 e. The minimum atomic E-state index is -0.946. The summed E-state index contributed by atoms with van der Waals surface area (Å²) in [5, 5.41) is 7.31. The lowest BCUT2D eigenvalue weighted by Gasteiger charge is -2.30. The number of carbonyl (C=O) groups is 1. The predicted octanol–water partition coefficient (Wildman–Crippen LogP) is 3.24. The van der Waals surface area contributed by atoms with Gasteiger partial charge in [0.2, 0.25) is 5.89 Å². The van der Waals surface area contributed by atoms with Crippen molar-refractivity contribution >= 4 is 16.7 Å². The van der Waals surface area contributed by atoms with Crippen LogP contribution in [0.1, 0.15) is 66.2 Å². The minimum Gasteiger partial charge on any atom is -0.340 e. The molecule has 1 atom stereocenters. The lowest BCUT2D eigenvalue weighted by molar-refractivity contribution is 0.0876. The lowest BCUT2D eigenvalue weighted by Crippen LogP contribution is -2.46. The van der Waals surface area contributed by atoms with Gasteiger partial charge in [-0.1, -0.05) is 43.0 Å². The molecular weight excluding hydrogens is 350 g/mol. The van der Waals surface area contributed by atoms with E-state index in [0.717, 1.165) is 44.1 Å². The van der Waals surface area contributed by atoms with Crippen molar-refractivity contribution in [3.05, 3.63) is 47.1 Å². The van der Waals surface area contributed by atoms with Crippen LogP contribution in [0.4, 0.5) is 0 Å². The second-order valence-electron chi connectivity index (χ2n) is 7.01. The monoisotopic (exact) mass is 375 g/mol. The third-order valence-corrected chi connectivity index (χ3v) is 5.56. The van der Waals surface area contributed by atoms with Crippen molar-refractivity contribution in [2.75, 3.05) is 6.26 Å². The third kappa shape index (κ3) is 4.38. The van der Waals surface area contributed by atoms with Crippen LogP contribution in [0.2, 0.25) is 0 Å². The molecule has 0 bridgehead atoms. The topological polar surface area (TPSA) is 85.1 Å². The van der Waals surface area contributed by atoms with Gasteiger partial charge in [-0.25, -0.2) is 0 Å². The van der Waals surface area contributed by atoms with Gasteiger partial charge in [-0.05, 0) is 30.5 Å². The van der Waals surface area contributed by atoms with Crippen molar-refractivity contribution in [1.29, 1.82) is 0 Å². The smallest absolute Gasteiger partial charge is 0.252 e. The van der Waals surface area contributed by atoms with E-state index in [0.29, 0.717) is 23.0 Å². The van der Waals surface area contributed by atoms with Crippen LogP contribution in [0, 0.1) is 6.92 Å². The first-order valence-corrected chi connectivity index (χ1v) is 10.7. The molecule has 1 unspecified atom stereocenters. The summed E-state index contributed by atoms with van der Waals surface area (Å²) < 4.78 is 16.7. The Balaban J connectivity index is 1.87. The molecule has 3 rings (SSSR count). The summed E-state index contributed by atoms with van der Waals surface area (Å²) in [6, 6.07) is 7.31. The fourth-order valence-electron chi connectivity index (χ4n) is 3.56. The fourth-order valence-corrected chi connectivity index (χ4v) is 4.21. The molecule has 6 nitrogen and oxygen atoms in total. The Labute approximate surface area is 156 Å². The summed E-state index contributed by atoms with van der Waals surface area (Å²) in [6.45, 7) is 1.76. The maximum absolute atomic E-state index is 13.0. The number of aryl methyl sites for hydroxylation is 1. The van der Waals surface area contributed by atoms with Crippen LogP contribution in [0.5, 0.6) is 0 Å². The van der Waals surface area contributed by atoms with Crippen molar-refractivity contribution in [2.24, 2.45) is 0 Å². The number of nitrogens with zero attached hydrogens (tertiary/aromatic N) is 2. The number of nitrogens with one attached hydrogen (secondary N) is 1. The van der Waals surface area contributed by atoms with Crippen LogP contribution < -0.4 is 5.32 Å². The zero-order valence-corrected chi connectivity index (χ0v) is 16.1. The summed E-state index contributed by atoms with van der Waals surface area (Å²) >= 11 is 0. The van der Waals surface area contributed by atoms with E-state index in [1.807, 2.05) is 18.2 Å². The molecule has 1 fully saturated rings. The molecular formula is C19H25N3O3S. The van der Waals surface area contributed by atoms with Gasteiger partial charge < -0.3 is 9.84 Å². The number of benzene rings is 1. The SMILES string of the molecule is Cc1nc(C2(NC(=O)c3cccc(CS(C)=O)c3)CCCCCC2)no1. The Bertz CT molecular complexity index is 795. The molecule has 1 aromatic carbocycles. The Morgan fingerprint density at radius 1 is 1.27 bits per heavy atom. The van der Waals surface area contributed by atoms with Gasteiger partial charge >= 0.3 is 0 Å². The first-order chi connectivity index (χ1) is 12.5. The van der Waals surface area contributed by atoms with Crippen molar-refractivity contribution in [3.8, 4) is 0 Å². The number of amides is 1. The van der Waals surface area contributed by atoms with E-state index in [-0.39, 0.29) is 5.91 Å². The third-order valence-electron chi connectivity index (χ3n) is 4.82. The molecule has 0 aliphatic heterocycles. The summed E-state index contributed by atoms with van der Waals surface area (Å²) in [4.78, 5) is 17.4. The number of hydrogen-bond acceptors (Lipinski definition) is 5. The van der Waals surface area contributed by atoms with E-state index in [4.69, 9.17) is 4.52 Å². The molecule has 1 aromatic heterocycles. The van der Waals surface area contributed by atoms with E-state index in [2.05, 4.69) is 15.5 Å². The van der Waals surface area contributed by atoms with Crippen molar-refractivity contribution in [3.63, 3.8) is 0 Å². The summed E-state index contributed by atoms with van der Waals surface area (Å²) in [6.07, 6.45) is 7.59. The maximum Gasteiger partial charge on any atom is 0.252 e. The minimum absolute atomic E-state index is 0.155. The van der Waals surface area contributed by atoms with Gasteiger partial charge in [-0.3, -0.25) is 9.00 Å². The molecule has 1 aliphatic rings. The molecule has 0 spiro atoms. The Kier molecular flexibility index (Phi) is 5.86. The summed E-state index contributed by atoms with van der Waals surface area (Å²) in [5.74, 6) is 1.36. The van der Waals surface area contributed by atoms with E-state index in [9.17, 15) is 9.00 Å². The number of carbonyl (C=O) groups excluding carboxylic acids is 1. The maximum atomic E-state index is 13.0. The lowest BCUT2D eigenvalue weighted by atomic mass is 9.88. The summed E-state index contributed by atoms with van der Waals surface area (Å²) in [5.41, 5.74) is 0.871. The van der Waals surface area contributed by atoms with Crippen molar-refractivity contribution in [1.82, 2.24) is 15.5 Å². The molecule has 1 N–H and O–H groups in total. The van der Waals surface area contributed by atoms with Crippen LogP contribution in [0.25, 0.3) is 0 Å². The van der Waals surface area contributed by atoms with Crippen molar-refractivity contribution < 1.29 is 13.5 Å². The first-order valence-electron chi connectivity index (χ1n) is 9.01. The molecule has 7 heteroatoms. The van der Waals surface area contributed by atoms with Crippen LogP contribution in [0.3, 0.4) is 0 Å². The van der Waals surface area contributed by atoms with Crippen molar-refractivity contribution in [2.45, 2.75) is 56.7 Å². The van der Waals surface area contributed by atoms with Gasteiger partial charge in [0, 0.05) is 35.3 Å². The average Bonchev–Trinajstić information content (AvgIpc) is 2.90. The summed E-state index contributed by atoms with van der Waals surface area (Å²) in [7, 11) is -0.946. The molecule has 1 amide bonds. The highest BCUT2D eigenvalue weighted by Gasteiger charge is 2.39.